The van der Waals surface area contributed by atoms with Crippen LogP contribution in [-0.2, 0) is 6.54 Å². The van der Waals surface area contributed by atoms with Crippen molar-refractivity contribution in [2.75, 3.05) is 19.6 Å². The smallest absolute Gasteiger partial charge is 0.263 e. The molecule has 1 amide bonds. The summed E-state index contributed by atoms with van der Waals surface area (Å²) in [6, 6.07) is 8.34. The molecule has 3 N–H and O–H groups in total. The number of nitrogens with zero attached hydrogens (tertiary/aromatic N) is 2. The Morgan fingerprint density at radius 1 is 1.12 bits per heavy atom. The molecule has 0 radical (unpaired) electrons. The second-order valence-electron chi connectivity index (χ2n) is 5.63. The maximum Gasteiger partial charge on any atom is 0.263 e. The fourth-order valence-electron chi connectivity index (χ4n) is 2.16. The number of carbonyl (C=O) groups excluding carboxylic acids is 1. The molecule has 142 valence electrons. The van der Waals surface area contributed by atoms with Gasteiger partial charge in [0.25, 0.3) is 5.91 Å². The van der Waals surface area contributed by atoms with Crippen molar-refractivity contribution in [2.45, 2.75) is 27.3 Å². The molecule has 0 aliphatic heterocycles. The van der Waals surface area contributed by atoms with Gasteiger partial charge in [-0.1, -0.05) is 29.8 Å². The zero-order valence-corrected chi connectivity index (χ0v) is 18.5. The van der Waals surface area contributed by atoms with Crippen molar-refractivity contribution < 1.29 is 4.79 Å². The molecule has 1 aromatic heterocycles. The van der Waals surface area contributed by atoms with Crippen molar-refractivity contribution in [1.29, 1.82) is 0 Å². The minimum absolute atomic E-state index is 0. The fraction of sp³-hybridized carbons (Fsp3) is 0.389. The van der Waals surface area contributed by atoms with Crippen molar-refractivity contribution in [3.8, 4) is 0 Å². The Morgan fingerprint density at radius 2 is 1.81 bits per heavy atom. The molecular weight excluding hydrogens is 461 g/mol. The van der Waals surface area contributed by atoms with Gasteiger partial charge in [0.05, 0.1) is 17.7 Å². The monoisotopic (exact) mass is 487 g/mol. The van der Waals surface area contributed by atoms with Crippen LogP contribution in [0.2, 0.25) is 0 Å². The summed E-state index contributed by atoms with van der Waals surface area (Å²) >= 11 is 1.36. The van der Waals surface area contributed by atoms with Gasteiger partial charge in [-0.25, -0.2) is 9.98 Å². The van der Waals surface area contributed by atoms with Gasteiger partial charge in [-0.05, 0) is 26.3 Å². The molecule has 26 heavy (non-hydrogen) atoms. The number of aliphatic imine (C=N–C) groups is 1. The molecule has 0 fully saturated rings. The second-order valence-corrected chi connectivity index (χ2v) is 6.49. The average Bonchev–Trinajstić information content (AvgIpc) is 3.03. The number of guanidine groups is 1. The van der Waals surface area contributed by atoms with Gasteiger partial charge >= 0.3 is 0 Å². The normalized spacial score (nSPS) is 10.8. The number of thiazole rings is 1. The first kappa shape index (κ1) is 22.4. The summed E-state index contributed by atoms with van der Waals surface area (Å²) in [6.45, 7) is 8.45. The third-order valence-electron chi connectivity index (χ3n) is 3.54. The zero-order chi connectivity index (χ0) is 18.1. The van der Waals surface area contributed by atoms with Crippen LogP contribution in [0.15, 0.2) is 34.8 Å². The second kappa shape index (κ2) is 11.8. The van der Waals surface area contributed by atoms with Crippen molar-refractivity contribution in [3.63, 3.8) is 0 Å². The largest absolute Gasteiger partial charge is 0.357 e. The van der Waals surface area contributed by atoms with Gasteiger partial charge in [0.2, 0.25) is 0 Å². The Kier molecular flexibility index (Phi) is 10.2. The van der Waals surface area contributed by atoms with E-state index in [9.17, 15) is 4.79 Å². The van der Waals surface area contributed by atoms with Crippen LogP contribution in [0.3, 0.4) is 0 Å². The molecule has 0 saturated carbocycles. The lowest BCUT2D eigenvalue weighted by molar-refractivity contribution is 0.0957. The summed E-state index contributed by atoms with van der Waals surface area (Å²) in [5, 5.41) is 9.33. The highest BCUT2D eigenvalue weighted by Gasteiger charge is 2.10. The molecule has 0 bridgehead atoms. The Morgan fingerprint density at radius 3 is 2.42 bits per heavy atom. The average molecular weight is 487 g/mol. The lowest BCUT2D eigenvalue weighted by atomic mass is 10.1. The van der Waals surface area contributed by atoms with Gasteiger partial charge < -0.3 is 16.0 Å². The Hall–Kier alpha value is -1.68. The first-order chi connectivity index (χ1) is 12.1. The standard InChI is InChI=1S/C18H25N5OS.HI/c1-4-19-18(22-11-15-7-5-13(2)6-8-15)21-10-9-20-17(24)16-14(3)23-12-25-16;/h5-8,12H,4,9-11H2,1-3H3,(H,20,24)(H2,19,21,22);1H. The van der Waals surface area contributed by atoms with E-state index in [2.05, 4.69) is 57.1 Å². The van der Waals surface area contributed by atoms with Gasteiger partial charge in [-0.3, -0.25) is 4.79 Å². The molecule has 6 nitrogen and oxygen atoms in total. The van der Waals surface area contributed by atoms with Crippen LogP contribution in [-0.4, -0.2) is 36.5 Å². The minimum Gasteiger partial charge on any atom is -0.357 e. The molecule has 0 spiro atoms. The predicted octanol–water partition coefficient (Wildman–Crippen LogP) is 2.86. The van der Waals surface area contributed by atoms with Crippen LogP contribution in [0.25, 0.3) is 0 Å². The van der Waals surface area contributed by atoms with E-state index in [1.165, 1.54) is 16.9 Å². The maximum absolute atomic E-state index is 12.0. The number of halogens is 1. The molecule has 0 aliphatic rings. The summed E-state index contributed by atoms with van der Waals surface area (Å²) in [5.74, 6) is 0.662. The molecule has 0 aliphatic carbocycles. The molecule has 1 heterocycles. The van der Waals surface area contributed by atoms with Gasteiger partial charge in [0.15, 0.2) is 5.96 Å². The van der Waals surface area contributed by atoms with Crippen molar-refractivity contribution in [1.82, 2.24) is 20.9 Å². The quantitative estimate of drug-likeness (QED) is 0.243. The molecule has 2 rings (SSSR count). The highest BCUT2D eigenvalue weighted by Crippen LogP contribution is 2.11. The summed E-state index contributed by atoms with van der Waals surface area (Å²) < 4.78 is 0. The Labute approximate surface area is 175 Å². The molecule has 0 atom stereocenters. The SMILES string of the molecule is CCNC(=NCc1ccc(C)cc1)NCCNC(=O)c1scnc1C.I. The molecule has 0 unspecified atom stereocenters. The lowest BCUT2D eigenvalue weighted by Crippen LogP contribution is -2.41. The number of aromatic nitrogens is 1. The Bertz CT molecular complexity index is 715. The van der Waals surface area contributed by atoms with E-state index < -0.39 is 0 Å². The van der Waals surface area contributed by atoms with E-state index in [-0.39, 0.29) is 29.9 Å². The molecular formula is C18H26IN5OS. The highest BCUT2D eigenvalue weighted by molar-refractivity contribution is 14.0. The van der Waals surface area contributed by atoms with Crippen molar-refractivity contribution >= 4 is 47.2 Å². The number of hydrogen-bond donors (Lipinski definition) is 3. The topological polar surface area (TPSA) is 78.4 Å². The summed E-state index contributed by atoms with van der Waals surface area (Å²) in [5.41, 5.74) is 4.86. The van der Waals surface area contributed by atoms with Crippen LogP contribution in [0.5, 0.6) is 0 Å². The lowest BCUT2D eigenvalue weighted by Gasteiger charge is -2.12. The van der Waals surface area contributed by atoms with E-state index in [1.807, 2.05) is 13.8 Å². The molecule has 2 aromatic rings. The van der Waals surface area contributed by atoms with E-state index in [1.54, 1.807) is 5.51 Å². The molecule has 1 aromatic carbocycles. The summed E-state index contributed by atoms with van der Waals surface area (Å²) in [7, 11) is 0. The third kappa shape index (κ3) is 7.28. The summed E-state index contributed by atoms with van der Waals surface area (Å²) in [6.07, 6.45) is 0. The first-order valence-corrected chi connectivity index (χ1v) is 9.24. The van der Waals surface area contributed by atoms with Gasteiger partial charge in [-0.15, -0.1) is 35.3 Å². The number of amides is 1. The molecule has 8 heteroatoms. The fourth-order valence-corrected chi connectivity index (χ4v) is 2.88. The van der Waals surface area contributed by atoms with Crippen molar-refractivity contribution in [2.24, 2.45) is 4.99 Å². The van der Waals surface area contributed by atoms with Gasteiger partial charge in [0, 0.05) is 19.6 Å². The van der Waals surface area contributed by atoms with Crippen LogP contribution in [0, 0.1) is 13.8 Å². The Balaban J connectivity index is 0.00000338. The minimum atomic E-state index is -0.0802. The van der Waals surface area contributed by atoms with Crippen LogP contribution in [0.1, 0.15) is 33.4 Å². The van der Waals surface area contributed by atoms with E-state index >= 15 is 0 Å². The number of carbonyl (C=O) groups is 1. The zero-order valence-electron chi connectivity index (χ0n) is 15.3. The summed E-state index contributed by atoms with van der Waals surface area (Å²) in [4.78, 5) is 21.3. The van der Waals surface area contributed by atoms with Crippen LogP contribution in [0.4, 0.5) is 0 Å². The van der Waals surface area contributed by atoms with Gasteiger partial charge in [-0.2, -0.15) is 0 Å². The van der Waals surface area contributed by atoms with E-state index in [4.69, 9.17) is 0 Å². The number of rotatable bonds is 7. The van der Waals surface area contributed by atoms with Gasteiger partial charge in [0.1, 0.15) is 4.88 Å². The van der Waals surface area contributed by atoms with Crippen LogP contribution < -0.4 is 16.0 Å². The number of nitrogens with one attached hydrogen (secondary N) is 3. The first-order valence-electron chi connectivity index (χ1n) is 8.36. The highest BCUT2D eigenvalue weighted by atomic mass is 127. The number of benzene rings is 1. The van der Waals surface area contributed by atoms with E-state index in [0.717, 1.165) is 23.8 Å². The number of aryl methyl sites for hydroxylation is 2. The molecule has 0 saturated heterocycles. The number of hydrogen-bond acceptors (Lipinski definition) is 4. The van der Waals surface area contributed by atoms with Crippen LogP contribution >= 0.6 is 35.3 Å². The van der Waals surface area contributed by atoms with Crippen molar-refractivity contribution in [3.05, 3.63) is 51.5 Å². The predicted molar refractivity (Wildman–Crippen MR) is 119 cm³/mol. The van der Waals surface area contributed by atoms with E-state index in [0.29, 0.717) is 24.5 Å². The maximum atomic E-state index is 12.0. The third-order valence-corrected chi connectivity index (χ3v) is 4.47.